The quantitative estimate of drug-likeness (QED) is 0.493. The topological polar surface area (TPSA) is 81.2 Å². The number of benzene rings is 1. The molecule has 1 N–H and O–H groups in total. The van der Waals surface area contributed by atoms with Gasteiger partial charge in [0, 0.05) is 11.5 Å². The lowest BCUT2D eigenvalue weighted by molar-refractivity contribution is 0.0378. The lowest BCUT2D eigenvalue weighted by atomic mass is 10.2. The van der Waals surface area contributed by atoms with Crippen LogP contribution in [0.15, 0.2) is 30.5 Å². The Hall–Kier alpha value is -1.91. The molecule has 0 spiro atoms. The first-order valence-electron chi connectivity index (χ1n) is 7.33. The zero-order valence-corrected chi connectivity index (χ0v) is 15.6. The van der Waals surface area contributed by atoms with Crippen LogP contribution < -0.4 is 10.6 Å². The van der Waals surface area contributed by atoms with Gasteiger partial charge in [-0.2, -0.15) is 4.98 Å². The molecule has 1 aromatic heterocycles. The van der Waals surface area contributed by atoms with Crippen molar-refractivity contribution in [2.45, 2.75) is 20.0 Å². The van der Waals surface area contributed by atoms with Crippen LogP contribution in [-0.4, -0.2) is 35.4 Å². The molecule has 0 atom stereocenters. The maximum absolute atomic E-state index is 12.5. The van der Waals surface area contributed by atoms with Crippen LogP contribution in [0.1, 0.15) is 24.2 Å². The third-order valence-electron chi connectivity index (χ3n) is 3.06. The molecule has 0 amide bonds. The molecule has 8 heteroatoms. The largest absolute Gasteiger partial charge is 0.459 e. The molecule has 1 aromatic carbocycles. The highest BCUT2D eigenvalue weighted by molar-refractivity contribution is 7.70. The summed E-state index contributed by atoms with van der Waals surface area (Å²) in [6, 6.07) is 7.15. The van der Waals surface area contributed by atoms with Gasteiger partial charge in [0.1, 0.15) is 18.5 Å². The number of hydrogen-bond donors (Lipinski definition) is 1. The van der Waals surface area contributed by atoms with Crippen molar-refractivity contribution in [2.24, 2.45) is 0 Å². The van der Waals surface area contributed by atoms with Gasteiger partial charge in [-0.05, 0) is 50.9 Å². The molecule has 0 radical (unpaired) electrons. The number of carbonyl (C=O) groups is 1. The van der Waals surface area contributed by atoms with Gasteiger partial charge in [0.05, 0.1) is 11.8 Å². The molecular weight excluding hydrogens is 349 g/mol. The second-order valence-electron chi connectivity index (χ2n) is 5.85. The average Bonchev–Trinajstić information content (AvgIpc) is 2.46. The van der Waals surface area contributed by atoms with E-state index in [1.807, 2.05) is 0 Å². The molecule has 0 bridgehead atoms. The third kappa shape index (κ3) is 4.56. The predicted molar refractivity (Wildman–Crippen MR) is 96.4 cm³/mol. The molecule has 0 aliphatic rings. The fraction of sp³-hybridized carbons (Fsp3) is 0.312. The minimum absolute atomic E-state index is 0.00717. The molecule has 6 nitrogen and oxygen atoms in total. The summed E-state index contributed by atoms with van der Waals surface area (Å²) in [5, 5.41) is 3.68. The standard InChI is InChI=1S/C16H19ClN3O3P/c1-10(2)23-15(21)11-9-18-16(17)20-14(11)19-12-7-5-6-8-13(12)24(3,4)22/h5-10H,1-4H3,(H,18,19,20). The average molecular weight is 368 g/mol. The Balaban J connectivity index is 2.46. The Kier molecular flexibility index (Phi) is 5.62. The van der Waals surface area contributed by atoms with Crippen LogP contribution in [0.2, 0.25) is 5.28 Å². The Morgan fingerprint density at radius 1 is 1.29 bits per heavy atom. The van der Waals surface area contributed by atoms with Gasteiger partial charge in [-0.3, -0.25) is 0 Å². The first kappa shape index (κ1) is 18.4. The molecule has 0 saturated carbocycles. The predicted octanol–water partition coefficient (Wildman–Crippen LogP) is 3.69. The first-order valence-corrected chi connectivity index (χ1v) is 10.3. The van der Waals surface area contributed by atoms with Crippen molar-refractivity contribution >= 4 is 41.5 Å². The van der Waals surface area contributed by atoms with Crippen molar-refractivity contribution in [2.75, 3.05) is 18.6 Å². The van der Waals surface area contributed by atoms with E-state index in [0.717, 1.165) is 0 Å². The number of carbonyl (C=O) groups excluding carboxylic acids is 1. The highest BCUT2D eigenvalue weighted by Crippen LogP contribution is 2.38. The maximum Gasteiger partial charge on any atom is 0.343 e. The van der Waals surface area contributed by atoms with Gasteiger partial charge < -0.3 is 14.6 Å². The highest BCUT2D eigenvalue weighted by Gasteiger charge is 2.20. The van der Waals surface area contributed by atoms with Crippen molar-refractivity contribution in [1.29, 1.82) is 0 Å². The van der Waals surface area contributed by atoms with Crippen molar-refractivity contribution in [3.8, 4) is 0 Å². The van der Waals surface area contributed by atoms with E-state index in [2.05, 4.69) is 15.3 Å². The lowest BCUT2D eigenvalue weighted by Gasteiger charge is -2.16. The van der Waals surface area contributed by atoms with Gasteiger partial charge in [-0.1, -0.05) is 12.1 Å². The van der Waals surface area contributed by atoms with E-state index < -0.39 is 13.1 Å². The molecule has 0 aliphatic carbocycles. The summed E-state index contributed by atoms with van der Waals surface area (Å²) in [6.45, 7) is 6.85. The van der Waals surface area contributed by atoms with Gasteiger partial charge in [-0.15, -0.1) is 0 Å². The number of halogens is 1. The minimum Gasteiger partial charge on any atom is -0.459 e. The molecule has 0 unspecified atom stereocenters. The number of anilines is 2. The molecule has 24 heavy (non-hydrogen) atoms. The van der Waals surface area contributed by atoms with Crippen molar-refractivity contribution in [1.82, 2.24) is 9.97 Å². The molecule has 0 aliphatic heterocycles. The number of rotatable bonds is 5. The van der Waals surface area contributed by atoms with E-state index in [1.165, 1.54) is 6.20 Å². The molecule has 2 aromatic rings. The Bertz CT molecular complexity index is 805. The number of nitrogens with zero attached hydrogens (tertiary/aromatic N) is 2. The summed E-state index contributed by atoms with van der Waals surface area (Å²) in [4.78, 5) is 20.1. The Labute approximate surface area is 146 Å². The van der Waals surface area contributed by atoms with Crippen molar-refractivity contribution in [3.05, 3.63) is 41.3 Å². The molecule has 0 fully saturated rings. The van der Waals surface area contributed by atoms with Crippen LogP contribution in [-0.2, 0) is 9.30 Å². The van der Waals surface area contributed by atoms with Crippen molar-refractivity contribution < 1.29 is 14.1 Å². The van der Waals surface area contributed by atoms with Crippen LogP contribution in [0.5, 0.6) is 0 Å². The molecular formula is C16H19ClN3O3P. The minimum atomic E-state index is -2.52. The smallest absolute Gasteiger partial charge is 0.343 e. The first-order chi connectivity index (χ1) is 11.2. The second kappa shape index (κ2) is 7.32. The van der Waals surface area contributed by atoms with E-state index in [-0.39, 0.29) is 22.8 Å². The monoisotopic (exact) mass is 367 g/mol. The summed E-state index contributed by atoms with van der Waals surface area (Å²) >= 11 is 5.85. The van der Waals surface area contributed by atoms with Gasteiger partial charge in [-0.25, -0.2) is 9.78 Å². The Morgan fingerprint density at radius 3 is 2.58 bits per heavy atom. The second-order valence-corrected chi connectivity index (χ2v) is 9.37. The van der Waals surface area contributed by atoms with E-state index >= 15 is 0 Å². The number of ether oxygens (including phenoxy) is 1. The summed E-state index contributed by atoms with van der Waals surface area (Å²) in [6.07, 6.45) is 1.03. The lowest BCUT2D eigenvalue weighted by Crippen LogP contribution is -2.16. The van der Waals surface area contributed by atoms with Crippen LogP contribution in [0, 0.1) is 0 Å². The SMILES string of the molecule is CC(C)OC(=O)c1cnc(Cl)nc1Nc1ccccc1P(C)(C)=O. The van der Waals surface area contributed by atoms with Crippen LogP contribution in [0.25, 0.3) is 0 Å². The normalized spacial score (nSPS) is 11.4. The highest BCUT2D eigenvalue weighted by atomic mass is 35.5. The fourth-order valence-corrected chi connectivity index (χ4v) is 3.35. The maximum atomic E-state index is 12.5. The van der Waals surface area contributed by atoms with Crippen LogP contribution >= 0.6 is 18.7 Å². The van der Waals surface area contributed by atoms with E-state index in [4.69, 9.17) is 16.3 Å². The molecule has 128 valence electrons. The number of esters is 1. The van der Waals surface area contributed by atoms with Gasteiger partial charge in [0.15, 0.2) is 0 Å². The molecule has 1 heterocycles. The summed E-state index contributed by atoms with van der Waals surface area (Å²) in [5.74, 6) is -0.348. The molecule has 2 rings (SSSR count). The van der Waals surface area contributed by atoms with Gasteiger partial charge >= 0.3 is 5.97 Å². The zero-order valence-electron chi connectivity index (χ0n) is 13.9. The van der Waals surface area contributed by atoms with E-state index in [0.29, 0.717) is 11.0 Å². The fourth-order valence-electron chi connectivity index (χ4n) is 2.06. The van der Waals surface area contributed by atoms with Crippen LogP contribution in [0.3, 0.4) is 0 Å². The number of nitrogens with one attached hydrogen (secondary N) is 1. The summed E-state index contributed by atoms with van der Waals surface area (Å²) < 4.78 is 17.7. The van der Waals surface area contributed by atoms with E-state index in [1.54, 1.807) is 51.4 Å². The van der Waals surface area contributed by atoms with Crippen LogP contribution in [0.4, 0.5) is 11.5 Å². The zero-order chi connectivity index (χ0) is 17.9. The molecule has 0 saturated heterocycles. The number of hydrogen-bond acceptors (Lipinski definition) is 6. The third-order valence-corrected chi connectivity index (χ3v) is 4.79. The summed E-state index contributed by atoms with van der Waals surface area (Å²) in [5.41, 5.74) is 0.754. The van der Waals surface area contributed by atoms with Gasteiger partial charge in [0.2, 0.25) is 5.28 Å². The number of para-hydroxylation sites is 1. The van der Waals surface area contributed by atoms with Gasteiger partial charge in [0.25, 0.3) is 0 Å². The summed E-state index contributed by atoms with van der Waals surface area (Å²) in [7, 11) is -2.52. The Morgan fingerprint density at radius 2 is 1.96 bits per heavy atom. The van der Waals surface area contributed by atoms with E-state index in [9.17, 15) is 9.36 Å². The van der Waals surface area contributed by atoms with Crippen molar-refractivity contribution in [3.63, 3.8) is 0 Å². The number of aromatic nitrogens is 2.